The summed E-state index contributed by atoms with van der Waals surface area (Å²) in [6, 6.07) is 2.07. The molecule has 1 heterocycles. The highest BCUT2D eigenvalue weighted by Crippen LogP contribution is 2.36. The standard InChI is InChI=1S/C18H24ClF2N3O/c19-14-7-13(10-22-11-14)17(25)24-16-2-1-15(8-16)23-9-12-3-5-18(20,21)6-4-12/h7,10-12,15-16,23H,1-6,8-9H2,(H,24,25)/t15-,16-/m0/s1. The fourth-order valence-corrected chi connectivity index (χ4v) is 3.91. The van der Waals surface area contributed by atoms with Crippen molar-refractivity contribution in [1.82, 2.24) is 15.6 Å². The smallest absolute Gasteiger partial charge is 0.253 e. The first-order chi connectivity index (χ1) is 11.9. The number of nitrogens with one attached hydrogen (secondary N) is 2. The maximum atomic E-state index is 13.2. The van der Waals surface area contributed by atoms with Crippen molar-refractivity contribution in [3.63, 3.8) is 0 Å². The summed E-state index contributed by atoms with van der Waals surface area (Å²) >= 11 is 5.86. The van der Waals surface area contributed by atoms with E-state index in [0.29, 0.717) is 35.4 Å². The van der Waals surface area contributed by atoms with Gasteiger partial charge in [-0.2, -0.15) is 0 Å². The van der Waals surface area contributed by atoms with Crippen molar-refractivity contribution < 1.29 is 13.6 Å². The first-order valence-corrected chi connectivity index (χ1v) is 9.32. The molecule has 3 rings (SSSR count). The number of carbonyl (C=O) groups is 1. The molecular formula is C18H24ClF2N3O. The van der Waals surface area contributed by atoms with Crippen molar-refractivity contribution in [2.75, 3.05) is 6.54 Å². The Morgan fingerprint density at radius 3 is 2.64 bits per heavy atom. The lowest BCUT2D eigenvalue weighted by atomic mass is 9.86. The Hall–Kier alpha value is -1.27. The molecule has 0 aromatic carbocycles. The predicted molar refractivity (Wildman–Crippen MR) is 93.0 cm³/mol. The van der Waals surface area contributed by atoms with E-state index in [1.165, 1.54) is 12.4 Å². The number of alkyl halides is 2. The molecule has 2 aliphatic rings. The lowest BCUT2D eigenvalue weighted by Gasteiger charge is -2.29. The molecule has 0 aliphatic heterocycles. The van der Waals surface area contributed by atoms with Gasteiger partial charge in [0.15, 0.2) is 0 Å². The summed E-state index contributed by atoms with van der Waals surface area (Å²) in [7, 11) is 0. The number of pyridine rings is 1. The number of halogens is 3. The minimum atomic E-state index is -2.46. The normalized spacial score (nSPS) is 26.5. The summed E-state index contributed by atoms with van der Waals surface area (Å²) in [5.41, 5.74) is 0.465. The number of carbonyl (C=O) groups excluding carboxylic acids is 1. The van der Waals surface area contributed by atoms with E-state index in [4.69, 9.17) is 11.6 Å². The number of amides is 1. The maximum absolute atomic E-state index is 13.2. The topological polar surface area (TPSA) is 54.0 Å². The molecular weight excluding hydrogens is 348 g/mol. The molecule has 138 valence electrons. The van der Waals surface area contributed by atoms with Gasteiger partial charge in [-0.05, 0) is 50.6 Å². The molecule has 1 aromatic heterocycles. The van der Waals surface area contributed by atoms with Crippen molar-refractivity contribution in [3.05, 3.63) is 29.0 Å². The SMILES string of the molecule is O=C(N[C@H]1CC[C@H](NCC2CCC(F)(F)CC2)C1)c1cncc(Cl)c1. The minimum Gasteiger partial charge on any atom is -0.349 e. The Bertz CT molecular complexity index is 604. The third-order valence-corrected chi connectivity index (χ3v) is 5.47. The van der Waals surface area contributed by atoms with Crippen molar-refractivity contribution >= 4 is 17.5 Å². The molecule has 0 saturated heterocycles. The third-order valence-electron chi connectivity index (χ3n) is 5.27. The van der Waals surface area contributed by atoms with Gasteiger partial charge in [0.25, 0.3) is 5.91 Å². The van der Waals surface area contributed by atoms with E-state index < -0.39 is 5.92 Å². The Kier molecular flexibility index (Phi) is 5.89. The van der Waals surface area contributed by atoms with Crippen LogP contribution in [0.1, 0.15) is 55.3 Å². The summed E-state index contributed by atoms with van der Waals surface area (Å²) < 4.78 is 26.4. The fourth-order valence-electron chi connectivity index (χ4n) is 3.74. The molecule has 0 bridgehead atoms. The molecule has 1 aromatic rings. The van der Waals surface area contributed by atoms with Crippen LogP contribution < -0.4 is 10.6 Å². The molecule has 2 saturated carbocycles. The molecule has 0 spiro atoms. The summed E-state index contributed by atoms with van der Waals surface area (Å²) in [6.45, 7) is 0.791. The van der Waals surface area contributed by atoms with Crippen LogP contribution in [0, 0.1) is 5.92 Å². The summed E-state index contributed by atoms with van der Waals surface area (Å²) in [5.74, 6) is -2.28. The highest BCUT2D eigenvalue weighted by Gasteiger charge is 2.35. The third kappa shape index (κ3) is 5.35. The van der Waals surface area contributed by atoms with Gasteiger partial charge < -0.3 is 10.6 Å². The quantitative estimate of drug-likeness (QED) is 0.827. The van der Waals surface area contributed by atoms with E-state index in [9.17, 15) is 13.6 Å². The maximum Gasteiger partial charge on any atom is 0.253 e. The molecule has 2 N–H and O–H groups in total. The first-order valence-electron chi connectivity index (χ1n) is 8.94. The number of hydrogen-bond acceptors (Lipinski definition) is 3. The monoisotopic (exact) mass is 371 g/mol. The molecule has 2 fully saturated rings. The van der Waals surface area contributed by atoms with Gasteiger partial charge in [0.05, 0.1) is 10.6 Å². The molecule has 0 radical (unpaired) electrons. The first kappa shape index (κ1) is 18.5. The zero-order valence-corrected chi connectivity index (χ0v) is 14.9. The fraction of sp³-hybridized carbons (Fsp3) is 0.667. The summed E-state index contributed by atoms with van der Waals surface area (Å²) in [4.78, 5) is 16.2. The van der Waals surface area contributed by atoms with Crippen LogP contribution in [0.2, 0.25) is 5.02 Å². The summed E-state index contributed by atoms with van der Waals surface area (Å²) in [5, 5.41) is 6.97. The Morgan fingerprint density at radius 1 is 1.20 bits per heavy atom. The van der Waals surface area contributed by atoms with Crippen molar-refractivity contribution in [1.29, 1.82) is 0 Å². The summed E-state index contributed by atoms with van der Waals surface area (Å²) in [6.07, 6.45) is 6.97. The Balaban J connectivity index is 1.39. The van der Waals surface area contributed by atoms with E-state index in [-0.39, 0.29) is 24.8 Å². The zero-order valence-electron chi connectivity index (χ0n) is 14.1. The van der Waals surface area contributed by atoms with Crippen LogP contribution in [0.5, 0.6) is 0 Å². The van der Waals surface area contributed by atoms with Gasteiger partial charge in [-0.15, -0.1) is 0 Å². The van der Waals surface area contributed by atoms with E-state index in [1.54, 1.807) is 6.07 Å². The van der Waals surface area contributed by atoms with Gasteiger partial charge in [0.2, 0.25) is 5.92 Å². The molecule has 1 amide bonds. The molecule has 0 unspecified atom stereocenters. The second-order valence-electron chi connectivity index (χ2n) is 7.28. The van der Waals surface area contributed by atoms with E-state index in [0.717, 1.165) is 25.8 Å². The van der Waals surface area contributed by atoms with Crippen LogP contribution >= 0.6 is 11.6 Å². The van der Waals surface area contributed by atoms with Crippen LogP contribution in [-0.2, 0) is 0 Å². The highest BCUT2D eigenvalue weighted by molar-refractivity contribution is 6.30. The van der Waals surface area contributed by atoms with Gasteiger partial charge >= 0.3 is 0 Å². The van der Waals surface area contributed by atoms with E-state index in [2.05, 4.69) is 15.6 Å². The second-order valence-corrected chi connectivity index (χ2v) is 7.72. The second kappa shape index (κ2) is 7.96. The number of rotatable bonds is 5. The lowest BCUT2D eigenvalue weighted by Crippen LogP contribution is -2.37. The van der Waals surface area contributed by atoms with Gasteiger partial charge in [-0.25, -0.2) is 8.78 Å². The zero-order chi connectivity index (χ0) is 17.9. The van der Waals surface area contributed by atoms with Crippen molar-refractivity contribution in [3.8, 4) is 0 Å². The van der Waals surface area contributed by atoms with Crippen LogP contribution in [0.3, 0.4) is 0 Å². The van der Waals surface area contributed by atoms with Crippen molar-refractivity contribution in [2.45, 2.75) is 63.0 Å². The van der Waals surface area contributed by atoms with Gasteiger partial charge in [-0.1, -0.05) is 11.6 Å². The highest BCUT2D eigenvalue weighted by atomic mass is 35.5. The minimum absolute atomic E-state index is 0.0103. The molecule has 4 nitrogen and oxygen atoms in total. The molecule has 25 heavy (non-hydrogen) atoms. The average molecular weight is 372 g/mol. The largest absolute Gasteiger partial charge is 0.349 e. The van der Waals surface area contributed by atoms with E-state index >= 15 is 0 Å². The van der Waals surface area contributed by atoms with Gasteiger partial charge in [-0.3, -0.25) is 9.78 Å². The predicted octanol–water partition coefficient (Wildman–Crippen LogP) is 3.80. The van der Waals surface area contributed by atoms with Crippen LogP contribution in [0.15, 0.2) is 18.5 Å². The van der Waals surface area contributed by atoms with Crippen LogP contribution in [0.25, 0.3) is 0 Å². The molecule has 2 atom stereocenters. The van der Waals surface area contributed by atoms with Gasteiger partial charge in [0.1, 0.15) is 0 Å². The average Bonchev–Trinajstić information content (AvgIpc) is 3.01. The number of nitrogens with zero attached hydrogens (tertiary/aromatic N) is 1. The lowest BCUT2D eigenvalue weighted by molar-refractivity contribution is -0.0456. The number of aromatic nitrogens is 1. The Labute approximate surface area is 151 Å². The molecule has 7 heteroatoms. The van der Waals surface area contributed by atoms with Gasteiger partial charge in [0, 0.05) is 37.3 Å². The Morgan fingerprint density at radius 2 is 1.92 bits per heavy atom. The van der Waals surface area contributed by atoms with Crippen LogP contribution in [-0.4, -0.2) is 35.4 Å². The van der Waals surface area contributed by atoms with Crippen molar-refractivity contribution in [2.24, 2.45) is 5.92 Å². The van der Waals surface area contributed by atoms with Crippen LogP contribution in [0.4, 0.5) is 8.78 Å². The molecule has 2 aliphatic carbocycles. The van der Waals surface area contributed by atoms with E-state index in [1.807, 2.05) is 0 Å². The number of hydrogen-bond donors (Lipinski definition) is 2.